The number of anilines is 1. The first-order valence-corrected chi connectivity index (χ1v) is 9.49. The highest BCUT2D eigenvalue weighted by atomic mass is 32.2. The number of methoxy groups -OCH3 is 2. The van der Waals surface area contributed by atoms with Crippen molar-refractivity contribution in [3.63, 3.8) is 0 Å². The molecule has 6 heteroatoms. The molecule has 2 aromatic carbocycles. The highest BCUT2D eigenvalue weighted by Gasteiger charge is 2.39. The third kappa shape index (κ3) is 3.55. The first kappa shape index (κ1) is 18.3. The van der Waals surface area contributed by atoms with Crippen LogP contribution in [0.3, 0.4) is 0 Å². The number of thioether (sulfide) groups is 1. The van der Waals surface area contributed by atoms with Crippen molar-refractivity contribution in [1.82, 2.24) is 0 Å². The molecule has 1 amide bonds. The fourth-order valence-corrected chi connectivity index (χ4v) is 3.76. The Hall–Kier alpha value is -2.47. The molecule has 0 aliphatic carbocycles. The third-order valence-corrected chi connectivity index (χ3v) is 5.42. The van der Waals surface area contributed by atoms with Crippen LogP contribution in [0.2, 0.25) is 0 Å². The fourth-order valence-electron chi connectivity index (χ4n) is 3.30. The standard InChI is InChI=1S/C20H21NO4S/c1-24-14-6-4-12(5-7-14)16-11-13-10-15(26-3)8-9-17(13)21-19(22)18(16)20(23)25-2/h4-10,16,18H,11H2,1-3H3,(H,21,22). The summed E-state index contributed by atoms with van der Waals surface area (Å²) in [6.45, 7) is 0. The van der Waals surface area contributed by atoms with Gasteiger partial charge in [-0.1, -0.05) is 12.1 Å². The molecule has 0 saturated carbocycles. The van der Waals surface area contributed by atoms with Crippen molar-refractivity contribution < 1.29 is 19.1 Å². The number of fused-ring (bicyclic) bond motifs is 1. The van der Waals surface area contributed by atoms with Crippen LogP contribution in [0, 0.1) is 5.92 Å². The van der Waals surface area contributed by atoms with Crippen LogP contribution in [0.15, 0.2) is 47.4 Å². The molecule has 0 spiro atoms. The quantitative estimate of drug-likeness (QED) is 0.506. The molecule has 1 heterocycles. The number of amides is 1. The van der Waals surface area contributed by atoms with Gasteiger partial charge >= 0.3 is 5.97 Å². The molecular weight excluding hydrogens is 350 g/mol. The number of hydrogen-bond donors (Lipinski definition) is 1. The van der Waals surface area contributed by atoms with Gasteiger partial charge in [-0.05, 0) is 54.1 Å². The summed E-state index contributed by atoms with van der Waals surface area (Å²) in [5.74, 6) is -1.36. The smallest absolute Gasteiger partial charge is 0.318 e. The van der Waals surface area contributed by atoms with E-state index in [4.69, 9.17) is 9.47 Å². The minimum atomic E-state index is -0.904. The van der Waals surface area contributed by atoms with Crippen LogP contribution < -0.4 is 10.1 Å². The predicted molar refractivity (Wildman–Crippen MR) is 102 cm³/mol. The van der Waals surface area contributed by atoms with Gasteiger partial charge in [-0.25, -0.2) is 0 Å². The summed E-state index contributed by atoms with van der Waals surface area (Å²) < 4.78 is 10.1. The van der Waals surface area contributed by atoms with Gasteiger partial charge in [0, 0.05) is 16.5 Å². The van der Waals surface area contributed by atoms with E-state index in [-0.39, 0.29) is 11.8 Å². The second kappa shape index (κ2) is 7.83. The summed E-state index contributed by atoms with van der Waals surface area (Å²) in [5, 5.41) is 2.89. The van der Waals surface area contributed by atoms with Gasteiger partial charge in [0.05, 0.1) is 14.2 Å². The number of carbonyl (C=O) groups is 2. The second-order valence-electron chi connectivity index (χ2n) is 6.10. The van der Waals surface area contributed by atoms with E-state index in [1.54, 1.807) is 18.9 Å². The van der Waals surface area contributed by atoms with Gasteiger partial charge < -0.3 is 14.8 Å². The van der Waals surface area contributed by atoms with E-state index in [9.17, 15) is 9.59 Å². The van der Waals surface area contributed by atoms with Crippen molar-refractivity contribution >= 4 is 29.3 Å². The third-order valence-electron chi connectivity index (χ3n) is 4.69. The average Bonchev–Trinajstić information content (AvgIpc) is 2.82. The van der Waals surface area contributed by atoms with Crippen LogP contribution in [0.5, 0.6) is 5.75 Å². The zero-order valence-corrected chi connectivity index (χ0v) is 15.8. The Kier molecular flexibility index (Phi) is 5.52. The van der Waals surface area contributed by atoms with Crippen LogP contribution >= 0.6 is 11.8 Å². The Balaban J connectivity index is 2.07. The van der Waals surface area contributed by atoms with Crippen LogP contribution in [0.4, 0.5) is 5.69 Å². The monoisotopic (exact) mass is 371 g/mol. The molecule has 1 aliphatic heterocycles. The molecule has 3 rings (SSSR count). The normalized spacial score (nSPS) is 19.1. The molecule has 26 heavy (non-hydrogen) atoms. The fraction of sp³-hybridized carbons (Fsp3) is 0.300. The van der Waals surface area contributed by atoms with E-state index in [1.165, 1.54) is 7.11 Å². The number of hydrogen-bond acceptors (Lipinski definition) is 5. The van der Waals surface area contributed by atoms with Gasteiger partial charge in [-0.15, -0.1) is 11.8 Å². The maximum Gasteiger partial charge on any atom is 0.318 e. The molecule has 0 radical (unpaired) electrons. The summed E-state index contributed by atoms with van der Waals surface area (Å²) in [5.41, 5.74) is 2.66. The molecule has 5 nitrogen and oxygen atoms in total. The van der Waals surface area contributed by atoms with E-state index in [0.29, 0.717) is 6.42 Å². The minimum absolute atomic E-state index is 0.313. The van der Waals surface area contributed by atoms with Crippen molar-refractivity contribution in [2.75, 3.05) is 25.8 Å². The Bertz CT molecular complexity index is 819. The number of carbonyl (C=O) groups excluding carboxylic acids is 2. The van der Waals surface area contributed by atoms with Gasteiger partial charge in [-0.2, -0.15) is 0 Å². The van der Waals surface area contributed by atoms with Crippen LogP contribution in [-0.2, 0) is 20.7 Å². The number of esters is 1. The van der Waals surface area contributed by atoms with Crippen molar-refractivity contribution in [2.24, 2.45) is 5.92 Å². The highest BCUT2D eigenvalue weighted by molar-refractivity contribution is 7.98. The number of ether oxygens (including phenoxy) is 2. The van der Waals surface area contributed by atoms with Crippen molar-refractivity contribution in [3.05, 3.63) is 53.6 Å². The lowest BCUT2D eigenvalue weighted by atomic mass is 9.82. The Morgan fingerprint density at radius 2 is 1.88 bits per heavy atom. The topological polar surface area (TPSA) is 64.6 Å². The van der Waals surface area contributed by atoms with Crippen molar-refractivity contribution in [3.8, 4) is 5.75 Å². The van der Waals surface area contributed by atoms with Crippen LogP contribution in [0.1, 0.15) is 17.0 Å². The summed E-state index contributed by atoms with van der Waals surface area (Å²) in [6.07, 6.45) is 2.57. The lowest BCUT2D eigenvalue weighted by molar-refractivity contribution is -0.149. The van der Waals surface area contributed by atoms with Gasteiger partial charge in [0.15, 0.2) is 0 Å². The summed E-state index contributed by atoms with van der Waals surface area (Å²) >= 11 is 1.64. The lowest BCUT2D eigenvalue weighted by Crippen LogP contribution is -2.34. The van der Waals surface area contributed by atoms with Gasteiger partial charge in [0.1, 0.15) is 11.7 Å². The Morgan fingerprint density at radius 3 is 2.50 bits per heavy atom. The Morgan fingerprint density at radius 1 is 1.15 bits per heavy atom. The largest absolute Gasteiger partial charge is 0.497 e. The summed E-state index contributed by atoms with van der Waals surface area (Å²) in [7, 11) is 2.91. The molecule has 0 saturated heterocycles. The van der Waals surface area contributed by atoms with Gasteiger partial charge in [0.25, 0.3) is 0 Å². The summed E-state index contributed by atoms with van der Waals surface area (Å²) in [4.78, 5) is 26.3. The molecular formula is C20H21NO4S. The number of benzene rings is 2. The predicted octanol–water partition coefficient (Wildman–Crippen LogP) is 3.48. The molecule has 0 bridgehead atoms. The van der Waals surface area contributed by atoms with E-state index >= 15 is 0 Å². The molecule has 2 aromatic rings. The molecule has 2 atom stereocenters. The first-order chi connectivity index (χ1) is 12.6. The molecule has 1 aliphatic rings. The van der Waals surface area contributed by atoms with Crippen LogP contribution in [0.25, 0.3) is 0 Å². The lowest BCUT2D eigenvalue weighted by Gasteiger charge is -2.22. The zero-order chi connectivity index (χ0) is 18.7. The van der Waals surface area contributed by atoms with E-state index < -0.39 is 11.9 Å². The van der Waals surface area contributed by atoms with Crippen molar-refractivity contribution in [1.29, 1.82) is 0 Å². The molecule has 1 N–H and O–H groups in total. The Labute approximate surface area is 157 Å². The highest BCUT2D eigenvalue weighted by Crippen LogP contribution is 2.37. The molecule has 2 unspecified atom stereocenters. The maximum absolute atomic E-state index is 12.8. The van der Waals surface area contributed by atoms with Crippen molar-refractivity contribution in [2.45, 2.75) is 17.2 Å². The molecule has 136 valence electrons. The SMILES string of the molecule is COC(=O)C1C(=O)Nc2ccc(SC)cc2CC1c1ccc(OC)cc1. The molecule has 0 aromatic heterocycles. The van der Waals surface area contributed by atoms with E-state index in [0.717, 1.165) is 27.5 Å². The average molecular weight is 371 g/mol. The maximum atomic E-state index is 12.8. The van der Waals surface area contributed by atoms with Gasteiger partial charge in [0.2, 0.25) is 5.91 Å². The second-order valence-corrected chi connectivity index (χ2v) is 6.98. The number of rotatable bonds is 4. The molecule has 0 fully saturated rings. The van der Waals surface area contributed by atoms with E-state index in [2.05, 4.69) is 11.4 Å². The van der Waals surface area contributed by atoms with E-state index in [1.807, 2.05) is 42.7 Å². The van der Waals surface area contributed by atoms with Gasteiger partial charge in [-0.3, -0.25) is 9.59 Å². The first-order valence-electron chi connectivity index (χ1n) is 8.27. The number of nitrogens with one attached hydrogen (secondary N) is 1. The summed E-state index contributed by atoms with van der Waals surface area (Å²) in [6, 6.07) is 13.4. The minimum Gasteiger partial charge on any atom is -0.497 e. The zero-order valence-electron chi connectivity index (χ0n) is 14.9. The van der Waals surface area contributed by atoms with Crippen LogP contribution in [-0.4, -0.2) is 32.4 Å².